The van der Waals surface area contributed by atoms with Crippen LogP contribution in [0.1, 0.15) is 57.6 Å². The highest BCUT2D eigenvalue weighted by Crippen LogP contribution is 2.34. The number of hydrogen-bond donors (Lipinski definition) is 2. The molecule has 0 bridgehead atoms. The zero-order valence-corrected chi connectivity index (χ0v) is 15.2. The van der Waals surface area contributed by atoms with Gasteiger partial charge in [0.05, 0.1) is 5.60 Å². The highest BCUT2D eigenvalue weighted by molar-refractivity contribution is 9.10. The Kier molecular flexibility index (Phi) is 6.13. The number of rotatable bonds is 5. The zero-order valence-electron chi connectivity index (χ0n) is 12.8. The molecule has 21 heavy (non-hydrogen) atoms. The molecule has 1 fully saturated rings. The van der Waals surface area contributed by atoms with Crippen LogP contribution in [0.3, 0.4) is 0 Å². The summed E-state index contributed by atoms with van der Waals surface area (Å²) in [7, 11) is 0. The first kappa shape index (κ1) is 17.3. The largest absolute Gasteiger partial charge is 0.389 e. The topological polar surface area (TPSA) is 32.3 Å². The first-order valence-corrected chi connectivity index (χ1v) is 9.01. The minimum absolute atomic E-state index is 0.138. The Balaban J connectivity index is 1.90. The molecule has 0 amide bonds. The van der Waals surface area contributed by atoms with Gasteiger partial charge >= 0.3 is 0 Å². The van der Waals surface area contributed by atoms with Gasteiger partial charge in [0.25, 0.3) is 0 Å². The molecule has 1 aromatic carbocycles. The SMILES string of the molecule is CCC1CCC(O)(CNC(C)c2ccc(Br)cc2Cl)CC1. The van der Waals surface area contributed by atoms with Gasteiger partial charge in [-0.15, -0.1) is 0 Å². The van der Waals surface area contributed by atoms with Crippen molar-refractivity contribution in [1.82, 2.24) is 5.32 Å². The third-order valence-electron chi connectivity index (χ3n) is 4.78. The van der Waals surface area contributed by atoms with E-state index in [0.717, 1.165) is 46.7 Å². The minimum Gasteiger partial charge on any atom is -0.389 e. The van der Waals surface area contributed by atoms with E-state index >= 15 is 0 Å². The molecule has 1 aromatic rings. The maximum Gasteiger partial charge on any atom is 0.0772 e. The van der Waals surface area contributed by atoms with Crippen LogP contribution in [-0.2, 0) is 0 Å². The van der Waals surface area contributed by atoms with Crippen molar-refractivity contribution in [3.63, 3.8) is 0 Å². The van der Waals surface area contributed by atoms with E-state index in [4.69, 9.17) is 11.6 Å². The van der Waals surface area contributed by atoms with Crippen LogP contribution in [0.4, 0.5) is 0 Å². The predicted molar refractivity (Wildman–Crippen MR) is 92.8 cm³/mol. The molecular weight excluding hydrogens is 350 g/mol. The quantitative estimate of drug-likeness (QED) is 0.753. The standard InChI is InChI=1S/C17H25BrClNO/c1-3-13-6-8-17(21,9-7-13)11-20-12(2)15-5-4-14(18)10-16(15)19/h4-5,10,12-13,20-21H,3,6-9,11H2,1-2H3. The second kappa shape index (κ2) is 7.45. The first-order valence-electron chi connectivity index (χ1n) is 7.84. The third-order valence-corrected chi connectivity index (χ3v) is 5.60. The second-order valence-corrected chi connectivity index (χ2v) is 7.67. The maximum absolute atomic E-state index is 10.7. The summed E-state index contributed by atoms with van der Waals surface area (Å²) < 4.78 is 0.986. The molecule has 1 saturated carbocycles. The van der Waals surface area contributed by atoms with Crippen LogP contribution < -0.4 is 5.32 Å². The van der Waals surface area contributed by atoms with Gasteiger partial charge in [-0.25, -0.2) is 0 Å². The fourth-order valence-electron chi connectivity index (χ4n) is 3.11. The lowest BCUT2D eigenvalue weighted by molar-refractivity contribution is -0.0103. The molecule has 1 unspecified atom stereocenters. The lowest BCUT2D eigenvalue weighted by atomic mass is 9.77. The molecule has 0 spiro atoms. The monoisotopic (exact) mass is 373 g/mol. The summed E-state index contributed by atoms with van der Waals surface area (Å²) in [6, 6.07) is 6.08. The van der Waals surface area contributed by atoms with Crippen LogP contribution in [0, 0.1) is 5.92 Å². The van der Waals surface area contributed by atoms with E-state index in [1.807, 2.05) is 18.2 Å². The maximum atomic E-state index is 10.7. The van der Waals surface area contributed by atoms with Gasteiger partial charge < -0.3 is 10.4 Å². The van der Waals surface area contributed by atoms with E-state index < -0.39 is 5.60 Å². The molecule has 0 heterocycles. The van der Waals surface area contributed by atoms with E-state index in [2.05, 4.69) is 35.1 Å². The van der Waals surface area contributed by atoms with Crippen LogP contribution in [0.25, 0.3) is 0 Å². The number of benzene rings is 1. The van der Waals surface area contributed by atoms with Crippen LogP contribution in [0.5, 0.6) is 0 Å². The van der Waals surface area contributed by atoms with Crippen LogP contribution in [-0.4, -0.2) is 17.3 Å². The highest BCUT2D eigenvalue weighted by atomic mass is 79.9. The van der Waals surface area contributed by atoms with Crippen molar-refractivity contribution in [2.24, 2.45) is 5.92 Å². The zero-order chi connectivity index (χ0) is 15.5. The molecule has 4 heteroatoms. The van der Waals surface area contributed by atoms with E-state index in [9.17, 15) is 5.11 Å². The molecule has 0 saturated heterocycles. The van der Waals surface area contributed by atoms with Crippen molar-refractivity contribution in [3.8, 4) is 0 Å². The molecule has 118 valence electrons. The Hall–Kier alpha value is -0.0900. The summed E-state index contributed by atoms with van der Waals surface area (Å²) in [4.78, 5) is 0. The van der Waals surface area contributed by atoms with Crippen LogP contribution >= 0.6 is 27.5 Å². The Bertz CT molecular complexity index is 472. The van der Waals surface area contributed by atoms with Gasteiger partial charge in [0, 0.05) is 22.1 Å². The second-order valence-electron chi connectivity index (χ2n) is 6.34. The fraction of sp³-hybridized carbons (Fsp3) is 0.647. The van der Waals surface area contributed by atoms with E-state index in [1.165, 1.54) is 6.42 Å². The summed E-state index contributed by atoms with van der Waals surface area (Å²) in [5, 5.41) is 14.9. The van der Waals surface area contributed by atoms with Crippen molar-refractivity contribution in [1.29, 1.82) is 0 Å². The van der Waals surface area contributed by atoms with Gasteiger partial charge in [-0.3, -0.25) is 0 Å². The van der Waals surface area contributed by atoms with E-state index in [-0.39, 0.29) is 6.04 Å². The van der Waals surface area contributed by atoms with Crippen molar-refractivity contribution >= 4 is 27.5 Å². The smallest absolute Gasteiger partial charge is 0.0772 e. The summed E-state index contributed by atoms with van der Waals surface area (Å²) in [6.45, 7) is 4.97. The molecule has 2 N–H and O–H groups in total. The van der Waals surface area contributed by atoms with Gasteiger partial charge in [0.2, 0.25) is 0 Å². The van der Waals surface area contributed by atoms with Gasteiger partial charge in [0.1, 0.15) is 0 Å². The molecule has 2 nitrogen and oxygen atoms in total. The van der Waals surface area contributed by atoms with E-state index in [1.54, 1.807) is 0 Å². The summed E-state index contributed by atoms with van der Waals surface area (Å²) in [5.74, 6) is 0.795. The fourth-order valence-corrected chi connectivity index (χ4v) is 3.94. The minimum atomic E-state index is -0.554. The third kappa shape index (κ3) is 4.69. The Morgan fingerprint density at radius 2 is 2.10 bits per heavy atom. The number of aliphatic hydroxyl groups is 1. The normalized spacial score (nSPS) is 27.6. The average molecular weight is 375 g/mol. The van der Waals surface area contributed by atoms with Crippen LogP contribution in [0.15, 0.2) is 22.7 Å². The highest BCUT2D eigenvalue weighted by Gasteiger charge is 2.32. The van der Waals surface area contributed by atoms with Crippen molar-refractivity contribution in [3.05, 3.63) is 33.3 Å². The molecule has 1 aliphatic rings. The number of nitrogens with one attached hydrogen (secondary N) is 1. The molecular formula is C17H25BrClNO. The Labute approximate surface area is 141 Å². The lowest BCUT2D eigenvalue weighted by Crippen LogP contribution is -2.44. The Morgan fingerprint density at radius 1 is 1.43 bits per heavy atom. The van der Waals surface area contributed by atoms with Crippen molar-refractivity contribution < 1.29 is 5.11 Å². The molecule has 0 aliphatic heterocycles. The van der Waals surface area contributed by atoms with Gasteiger partial charge in [-0.05, 0) is 56.2 Å². The van der Waals surface area contributed by atoms with E-state index in [0.29, 0.717) is 6.54 Å². The van der Waals surface area contributed by atoms with Crippen molar-refractivity contribution in [2.45, 2.75) is 57.6 Å². The molecule has 0 radical (unpaired) electrons. The Morgan fingerprint density at radius 3 is 2.67 bits per heavy atom. The van der Waals surface area contributed by atoms with Gasteiger partial charge in [-0.2, -0.15) is 0 Å². The number of halogens is 2. The summed E-state index contributed by atoms with van der Waals surface area (Å²) in [6.07, 6.45) is 5.32. The molecule has 1 aliphatic carbocycles. The molecule has 2 rings (SSSR count). The summed E-state index contributed by atoms with van der Waals surface area (Å²) >= 11 is 9.71. The number of hydrogen-bond acceptors (Lipinski definition) is 2. The first-order chi connectivity index (χ1) is 9.93. The predicted octanol–water partition coefficient (Wildman–Crippen LogP) is 5.08. The molecule has 1 atom stereocenters. The van der Waals surface area contributed by atoms with Gasteiger partial charge in [-0.1, -0.05) is 46.9 Å². The summed E-state index contributed by atoms with van der Waals surface area (Å²) in [5.41, 5.74) is 0.521. The van der Waals surface area contributed by atoms with Gasteiger partial charge in [0.15, 0.2) is 0 Å². The van der Waals surface area contributed by atoms with Crippen molar-refractivity contribution in [2.75, 3.05) is 6.54 Å². The average Bonchev–Trinajstić information content (AvgIpc) is 2.46. The van der Waals surface area contributed by atoms with Crippen LogP contribution in [0.2, 0.25) is 5.02 Å². The lowest BCUT2D eigenvalue weighted by Gasteiger charge is -2.36. The molecule has 0 aromatic heterocycles.